The summed E-state index contributed by atoms with van der Waals surface area (Å²) in [4.78, 5) is 11.5. The van der Waals surface area contributed by atoms with Gasteiger partial charge in [-0.25, -0.2) is 0 Å². The lowest BCUT2D eigenvalue weighted by Crippen LogP contribution is -2.45. The van der Waals surface area contributed by atoms with Crippen molar-refractivity contribution in [3.05, 3.63) is 0 Å². The number of hydrogen-bond acceptors (Lipinski definition) is 3. The van der Waals surface area contributed by atoms with Crippen LogP contribution in [0.2, 0.25) is 0 Å². The molecule has 0 aliphatic rings. The van der Waals surface area contributed by atoms with Crippen LogP contribution in [-0.2, 0) is 4.79 Å². The fourth-order valence-electron chi connectivity index (χ4n) is 0.700. The predicted octanol–water partition coefficient (Wildman–Crippen LogP) is 0.390. The summed E-state index contributed by atoms with van der Waals surface area (Å²) < 4.78 is 0. The molecule has 1 amide bonds. The summed E-state index contributed by atoms with van der Waals surface area (Å²) in [7, 11) is 0. The Morgan fingerprint density at radius 2 is 2.23 bits per heavy atom. The molecule has 0 saturated carbocycles. The zero-order valence-corrected chi connectivity index (χ0v) is 8.42. The van der Waals surface area contributed by atoms with Gasteiger partial charge in [0.25, 0.3) is 0 Å². The lowest BCUT2D eigenvalue weighted by molar-refractivity contribution is -0.129. The molecule has 1 atom stereocenters. The van der Waals surface area contributed by atoms with E-state index < -0.39 is 5.41 Å². The molecular formula is C9H17N3O. The molecule has 1 unspecified atom stereocenters. The highest BCUT2D eigenvalue weighted by Crippen LogP contribution is 2.12. The molecule has 4 nitrogen and oxygen atoms in total. The van der Waals surface area contributed by atoms with Crippen molar-refractivity contribution in [2.45, 2.75) is 33.2 Å². The summed E-state index contributed by atoms with van der Waals surface area (Å²) in [6.45, 7) is 5.66. The number of nitriles is 1. The zero-order valence-electron chi connectivity index (χ0n) is 8.42. The van der Waals surface area contributed by atoms with Crippen molar-refractivity contribution in [3.63, 3.8) is 0 Å². The molecule has 0 aliphatic heterocycles. The third-order valence-corrected chi connectivity index (χ3v) is 1.90. The second kappa shape index (κ2) is 4.83. The Kier molecular flexibility index (Phi) is 4.43. The Hall–Kier alpha value is -1.08. The smallest absolute Gasteiger partial charge is 0.227 e. The van der Waals surface area contributed by atoms with Gasteiger partial charge >= 0.3 is 0 Å². The molecule has 0 rings (SSSR count). The number of amides is 1. The molecule has 0 saturated heterocycles. The van der Waals surface area contributed by atoms with Gasteiger partial charge in [-0.05, 0) is 20.8 Å². The summed E-state index contributed by atoms with van der Waals surface area (Å²) in [6, 6.07) is 1.89. The van der Waals surface area contributed by atoms with E-state index in [4.69, 9.17) is 11.0 Å². The summed E-state index contributed by atoms with van der Waals surface area (Å²) >= 11 is 0. The maximum Gasteiger partial charge on any atom is 0.227 e. The Bertz CT molecular complexity index is 217. The minimum Gasteiger partial charge on any atom is -0.352 e. The molecule has 0 bridgehead atoms. The van der Waals surface area contributed by atoms with Crippen LogP contribution in [0.25, 0.3) is 0 Å². The van der Waals surface area contributed by atoms with Gasteiger partial charge in [0.2, 0.25) is 5.91 Å². The summed E-state index contributed by atoms with van der Waals surface area (Å²) in [6.07, 6.45) is 0.326. The van der Waals surface area contributed by atoms with E-state index in [0.29, 0.717) is 13.0 Å². The van der Waals surface area contributed by atoms with Crippen molar-refractivity contribution in [3.8, 4) is 6.07 Å². The SMILES string of the molecule is CC(CC#N)NC(=O)C(C)(C)CN. The van der Waals surface area contributed by atoms with E-state index in [9.17, 15) is 4.79 Å². The molecule has 74 valence electrons. The molecule has 13 heavy (non-hydrogen) atoms. The molecule has 0 radical (unpaired) electrons. The first-order chi connectivity index (χ1) is 5.94. The van der Waals surface area contributed by atoms with Crippen LogP contribution in [-0.4, -0.2) is 18.5 Å². The number of rotatable bonds is 4. The third-order valence-electron chi connectivity index (χ3n) is 1.90. The fourth-order valence-corrected chi connectivity index (χ4v) is 0.700. The highest BCUT2D eigenvalue weighted by atomic mass is 16.2. The molecule has 0 aromatic rings. The Balaban J connectivity index is 4.09. The van der Waals surface area contributed by atoms with Crippen LogP contribution >= 0.6 is 0 Å². The van der Waals surface area contributed by atoms with Crippen LogP contribution in [0.15, 0.2) is 0 Å². The standard InChI is InChI=1S/C9H17N3O/c1-7(4-5-10)12-8(13)9(2,3)6-11/h7H,4,6,11H2,1-3H3,(H,12,13). The average Bonchev–Trinajstić information content (AvgIpc) is 2.04. The normalized spacial score (nSPS) is 13.2. The quantitative estimate of drug-likeness (QED) is 0.661. The van der Waals surface area contributed by atoms with Gasteiger partial charge in [0.1, 0.15) is 0 Å². The molecule has 0 aromatic heterocycles. The minimum absolute atomic E-state index is 0.0993. The molecule has 3 N–H and O–H groups in total. The monoisotopic (exact) mass is 183 g/mol. The molecule has 0 fully saturated rings. The van der Waals surface area contributed by atoms with Gasteiger partial charge < -0.3 is 11.1 Å². The predicted molar refractivity (Wildman–Crippen MR) is 50.7 cm³/mol. The van der Waals surface area contributed by atoms with Crippen LogP contribution in [0.3, 0.4) is 0 Å². The molecule has 0 heterocycles. The van der Waals surface area contributed by atoms with Crippen molar-refractivity contribution < 1.29 is 4.79 Å². The number of carbonyl (C=O) groups is 1. The number of carbonyl (C=O) groups excluding carboxylic acids is 1. The number of nitrogens with two attached hydrogens (primary N) is 1. The number of nitrogens with zero attached hydrogens (tertiary/aromatic N) is 1. The molecule has 4 heteroatoms. The second-order valence-electron chi connectivity index (χ2n) is 3.82. The summed E-state index contributed by atoms with van der Waals surface area (Å²) in [5, 5.41) is 11.1. The van der Waals surface area contributed by atoms with Crippen LogP contribution in [0.1, 0.15) is 27.2 Å². The van der Waals surface area contributed by atoms with Gasteiger partial charge in [-0.2, -0.15) is 5.26 Å². The lowest BCUT2D eigenvalue weighted by atomic mass is 9.92. The van der Waals surface area contributed by atoms with Crippen LogP contribution in [0.4, 0.5) is 0 Å². The number of nitrogens with one attached hydrogen (secondary N) is 1. The van der Waals surface area contributed by atoms with Crippen LogP contribution in [0.5, 0.6) is 0 Å². The van der Waals surface area contributed by atoms with E-state index in [1.165, 1.54) is 0 Å². The topological polar surface area (TPSA) is 78.9 Å². The largest absolute Gasteiger partial charge is 0.352 e. The summed E-state index contributed by atoms with van der Waals surface area (Å²) in [5.41, 5.74) is 4.88. The first-order valence-corrected chi connectivity index (χ1v) is 4.32. The van der Waals surface area contributed by atoms with E-state index >= 15 is 0 Å². The number of hydrogen-bond donors (Lipinski definition) is 2. The Morgan fingerprint density at radius 3 is 2.62 bits per heavy atom. The van der Waals surface area contributed by atoms with Crippen molar-refractivity contribution in [1.29, 1.82) is 5.26 Å². The van der Waals surface area contributed by atoms with Crippen LogP contribution in [0, 0.1) is 16.7 Å². The lowest BCUT2D eigenvalue weighted by Gasteiger charge is -2.23. The molecule has 0 aromatic carbocycles. The highest BCUT2D eigenvalue weighted by Gasteiger charge is 2.26. The maximum atomic E-state index is 11.5. The van der Waals surface area contributed by atoms with Crippen molar-refractivity contribution in [2.24, 2.45) is 11.1 Å². The van der Waals surface area contributed by atoms with Crippen LogP contribution < -0.4 is 11.1 Å². The van der Waals surface area contributed by atoms with E-state index in [1.807, 2.05) is 6.07 Å². The first kappa shape index (κ1) is 11.9. The molecule has 0 aliphatic carbocycles. The molecular weight excluding hydrogens is 166 g/mol. The van der Waals surface area contributed by atoms with E-state index in [2.05, 4.69) is 5.32 Å². The molecule has 0 spiro atoms. The zero-order chi connectivity index (χ0) is 10.5. The third kappa shape index (κ3) is 3.90. The van der Waals surface area contributed by atoms with Crippen molar-refractivity contribution >= 4 is 5.91 Å². The van der Waals surface area contributed by atoms with E-state index in [1.54, 1.807) is 20.8 Å². The second-order valence-corrected chi connectivity index (χ2v) is 3.82. The minimum atomic E-state index is -0.552. The van der Waals surface area contributed by atoms with Gasteiger partial charge in [0, 0.05) is 12.6 Å². The fraction of sp³-hybridized carbons (Fsp3) is 0.778. The van der Waals surface area contributed by atoms with Gasteiger partial charge in [0.15, 0.2) is 0 Å². The average molecular weight is 183 g/mol. The van der Waals surface area contributed by atoms with Crippen molar-refractivity contribution in [1.82, 2.24) is 5.32 Å². The maximum absolute atomic E-state index is 11.5. The highest BCUT2D eigenvalue weighted by molar-refractivity contribution is 5.82. The van der Waals surface area contributed by atoms with E-state index in [0.717, 1.165) is 0 Å². The van der Waals surface area contributed by atoms with Gasteiger partial charge in [-0.1, -0.05) is 0 Å². The Morgan fingerprint density at radius 1 is 1.69 bits per heavy atom. The van der Waals surface area contributed by atoms with E-state index in [-0.39, 0.29) is 11.9 Å². The van der Waals surface area contributed by atoms with Crippen molar-refractivity contribution in [2.75, 3.05) is 6.54 Å². The Labute approximate surface area is 79.1 Å². The van der Waals surface area contributed by atoms with Gasteiger partial charge in [-0.3, -0.25) is 4.79 Å². The van der Waals surface area contributed by atoms with Gasteiger partial charge in [-0.15, -0.1) is 0 Å². The first-order valence-electron chi connectivity index (χ1n) is 4.32. The van der Waals surface area contributed by atoms with Gasteiger partial charge in [0.05, 0.1) is 17.9 Å². The summed E-state index contributed by atoms with van der Waals surface area (Å²) in [5.74, 6) is -0.0993.